The number of hydrogen-bond donors (Lipinski definition) is 3. The van der Waals surface area contributed by atoms with Crippen LogP contribution in [0.15, 0.2) is 24.5 Å². The molecule has 1 saturated carbocycles. The molecular weight excluding hydrogens is 328 g/mol. The summed E-state index contributed by atoms with van der Waals surface area (Å²) in [6.07, 6.45) is 4.37. The third-order valence-electron chi connectivity index (χ3n) is 5.20. The summed E-state index contributed by atoms with van der Waals surface area (Å²) in [5.74, 6) is 0.974. The van der Waals surface area contributed by atoms with Crippen LogP contribution in [0.25, 0.3) is 0 Å². The number of rotatable bonds is 6. The van der Waals surface area contributed by atoms with Gasteiger partial charge in [0, 0.05) is 37.7 Å². The Labute approximate surface area is 155 Å². The molecule has 2 heterocycles. The zero-order valence-corrected chi connectivity index (χ0v) is 15.3. The van der Waals surface area contributed by atoms with Gasteiger partial charge in [-0.1, -0.05) is 19.9 Å². The molecule has 0 bridgehead atoms. The second-order valence-corrected chi connectivity index (χ2v) is 7.28. The molecule has 2 aromatic heterocycles. The summed E-state index contributed by atoms with van der Waals surface area (Å²) in [5.41, 5.74) is 2.34. The van der Waals surface area contributed by atoms with Crippen molar-refractivity contribution in [2.45, 2.75) is 45.8 Å². The molecule has 0 aliphatic heterocycles. The Morgan fingerprint density at radius 2 is 2.23 bits per heavy atom. The van der Waals surface area contributed by atoms with Crippen molar-refractivity contribution in [1.82, 2.24) is 15.0 Å². The highest BCUT2D eigenvalue weighted by Crippen LogP contribution is 2.42. The summed E-state index contributed by atoms with van der Waals surface area (Å²) >= 11 is 0. The van der Waals surface area contributed by atoms with Gasteiger partial charge in [0.1, 0.15) is 17.5 Å². The molecule has 0 amide bonds. The zero-order valence-electron chi connectivity index (χ0n) is 15.3. The Balaban J connectivity index is 0.00000261. The van der Waals surface area contributed by atoms with Crippen LogP contribution in [0.2, 0.25) is 0 Å². The second-order valence-electron chi connectivity index (χ2n) is 7.28. The summed E-state index contributed by atoms with van der Waals surface area (Å²) in [7, 11) is 0. The smallest absolute Gasteiger partial charge is 0.224 e. The number of pyridine rings is 1. The van der Waals surface area contributed by atoms with Gasteiger partial charge in [-0.25, -0.2) is 4.98 Å². The lowest BCUT2D eigenvalue weighted by Crippen LogP contribution is -2.57. The van der Waals surface area contributed by atoms with Crippen LogP contribution in [0.5, 0.6) is 0 Å². The second kappa shape index (κ2) is 7.26. The van der Waals surface area contributed by atoms with Gasteiger partial charge in [0.05, 0.1) is 12.3 Å². The van der Waals surface area contributed by atoms with Crippen molar-refractivity contribution in [3.63, 3.8) is 0 Å². The lowest BCUT2D eigenvalue weighted by Gasteiger charge is -2.49. The molecule has 3 N–H and O–H groups in total. The average molecular weight is 354 g/mol. The normalized spacial score (nSPS) is 20.7. The van der Waals surface area contributed by atoms with Gasteiger partial charge in [-0.15, -0.1) is 0 Å². The van der Waals surface area contributed by atoms with E-state index >= 15 is 0 Å². The molecule has 7 nitrogen and oxygen atoms in total. The van der Waals surface area contributed by atoms with Crippen LogP contribution in [-0.4, -0.2) is 38.7 Å². The Morgan fingerprint density at radius 1 is 1.42 bits per heavy atom. The number of aryl methyl sites for hydroxylation is 1. The minimum atomic E-state index is -0.341. The molecule has 0 spiro atoms. The van der Waals surface area contributed by atoms with E-state index in [2.05, 4.69) is 31.7 Å². The number of aromatic nitrogens is 3. The Kier molecular flexibility index (Phi) is 5.05. The molecule has 0 radical (unpaired) electrons. The third-order valence-corrected chi connectivity index (χ3v) is 5.20. The highest BCUT2D eigenvalue weighted by molar-refractivity contribution is 5.54. The number of nitrogens with one attached hydrogen (secondary N) is 2. The van der Waals surface area contributed by atoms with E-state index in [1.165, 1.54) is 6.20 Å². The van der Waals surface area contributed by atoms with Gasteiger partial charge in [-0.2, -0.15) is 10.2 Å². The number of nitrogens with zero attached hydrogens (tertiary/aromatic N) is 4. The van der Waals surface area contributed by atoms with Gasteiger partial charge >= 0.3 is 0 Å². The summed E-state index contributed by atoms with van der Waals surface area (Å²) in [6, 6.07) is 6.15. The van der Waals surface area contributed by atoms with E-state index in [0.717, 1.165) is 17.7 Å². The van der Waals surface area contributed by atoms with Gasteiger partial charge < -0.3 is 15.7 Å². The summed E-state index contributed by atoms with van der Waals surface area (Å²) < 4.78 is 0. The maximum Gasteiger partial charge on any atom is 0.224 e. The van der Waals surface area contributed by atoms with Crippen LogP contribution in [0, 0.1) is 23.7 Å². The van der Waals surface area contributed by atoms with Crippen LogP contribution >= 0.6 is 0 Å². The number of aliphatic hydroxyl groups is 1. The van der Waals surface area contributed by atoms with Crippen molar-refractivity contribution in [3.8, 4) is 6.07 Å². The summed E-state index contributed by atoms with van der Waals surface area (Å²) in [4.78, 5) is 13.0. The minimum Gasteiger partial charge on any atom is -0.392 e. The molecule has 2 atom stereocenters. The van der Waals surface area contributed by atoms with Crippen molar-refractivity contribution < 1.29 is 6.53 Å². The number of anilines is 2. The Morgan fingerprint density at radius 3 is 2.88 bits per heavy atom. The van der Waals surface area contributed by atoms with E-state index in [-0.39, 0.29) is 19.0 Å². The quantitative estimate of drug-likeness (QED) is 0.731. The molecule has 7 heteroatoms. The van der Waals surface area contributed by atoms with Crippen molar-refractivity contribution in [2.24, 2.45) is 5.41 Å². The van der Waals surface area contributed by atoms with E-state index in [4.69, 9.17) is 0 Å². The highest BCUT2D eigenvalue weighted by atomic mass is 16.3. The van der Waals surface area contributed by atoms with E-state index in [9.17, 15) is 10.4 Å². The average Bonchev–Trinajstić information content (AvgIpc) is 2.63. The van der Waals surface area contributed by atoms with Crippen molar-refractivity contribution >= 4 is 11.8 Å². The van der Waals surface area contributed by atoms with Crippen LogP contribution in [-0.2, 0) is 6.42 Å². The van der Waals surface area contributed by atoms with Gasteiger partial charge in [0.2, 0.25) is 5.95 Å². The SMILES string of the molecule is Cc1cccnc1CCNc1ncc(C#N)c(NC2C[C@H](O)C2(C)C)n1.[HH]. The van der Waals surface area contributed by atoms with E-state index in [1.807, 2.05) is 32.9 Å². The van der Waals surface area contributed by atoms with Crippen LogP contribution < -0.4 is 10.6 Å². The van der Waals surface area contributed by atoms with Gasteiger partial charge in [0.15, 0.2) is 0 Å². The minimum absolute atomic E-state index is 0. The number of aliphatic hydroxyl groups excluding tert-OH is 1. The lowest BCUT2D eigenvalue weighted by atomic mass is 9.64. The first-order valence-corrected chi connectivity index (χ1v) is 8.78. The number of nitriles is 1. The molecule has 26 heavy (non-hydrogen) atoms. The third kappa shape index (κ3) is 3.60. The first kappa shape index (κ1) is 18.1. The van der Waals surface area contributed by atoms with Gasteiger partial charge in [-0.3, -0.25) is 4.98 Å². The molecule has 0 saturated heterocycles. The maximum absolute atomic E-state index is 9.90. The molecule has 1 aliphatic rings. The fourth-order valence-electron chi connectivity index (χ4n) is 3.04. The summed E-state index contributed by atoms with van der Waals surface area (Å²) in [5, 5.41) is 25.7. The molecule has 0 aromatic carbocycles. The molecule has 1 fully saturated rings. The van der Waals surface area contributed by atoms with E-state index in [0.29, 0.717) is 30.3 Å². The Bertz CT molecular complexity index is 835. The summed E-state index contributed by atoms with van der Waals surface area (Å²) in [6.45, 7) is 6.69. The van der Waals surface area contributed by atoms with Crippen LogP contribution in [0.3, 0.4) is 0 Å². The monoisotopic (exact) mass is 354 g/mol. The van der Waals surface area contributed by atoms with E-state index in [1.54, 1.807) is 6.20 Å². The Hall–Kier alpha value is -2.72. The largest absolute Gasteiger partial charge is 0.392 e. The zero-order chi connectivity index (χ0) is 18.7. The van der Waals surface area contributed by atoms with Crippen molar-refractivity contribution in [1.29, 1.82) is 5.26 Å². The fourth-order valence-corrected chi connectivity index (χ4v) is 3.04. The topological polar surface area (TPSA) is 107 Å². The van der Waals surface area contributed by atoms with Crippen molar-refractivity contribution in [3.05, 3.63) is 41.3 Å². The van der Waals surface area contributed by atoms with Crippen LogP contribution in [0.1, 0.15) is 38.5 Å². The molecule has 3 rings (SSSR count). The van der Waals surface area contributed by atoms with Crippen molar-refractivity contribution in [2.75, 3.05) is 17.2 Å². The standard InChI is InChI=1S/C19H24N6O.H2/c1-12-5-4-7-21-14(12)6-8-22-18-23-11-13(10-20)17(25-18)24-15-9-16(26)19(15,2)3;/h4-5,7,11,15-16,26H,6,8-9H2,1-3H3,(H2,22,23,24,25);1H/t15?,16-;/m0./s1. The fraction of sp³-hybridized carbons (Fsp3) is 0.474. The first-order valence-electron chi connectivity index (χ1n) is 8.78. The van der Waals surface area contributed by atoms with Gasteiger partial charge in [0.25, 0.3) is 0 Å². The predicted octanol–water partition coefficient (Wildman–Crippen LogP) is 2.52. The van der Waals surface area contributed by atoms with Gasteiger partial charge in [-0.05, 0) is 25.0 Å². The predicted molar refractivity (Wildman–Crippen MR) is 102 cm³/mol. The molecule has 1 aliphatic carbocycles. The molecule has 1 unspecified atom stereocenters. The highest BCUT2D eigenvalue weighted by Gasteiger charge is 2.47. The molecule has 138 valence electrons. The first-order chi connectivity index (χ1) is 12.4. The maximum atomic E-state index is 9.90. The lowest BCUT2D eigenvalue weighted by molar-refractivity contribution is -0.0511. The number of hydrogen-bond acceptors (Lipinski definition) is 7. The molecular formula is C19H26N6O. The van der Waals surface area contributed by atoms with E-state index < -0.39 is 0 Å². The van der Waals surface area contributed by atoms with Crippen LogP contribution in [0.4, 0.5) is 11.8 Å². The molecule has 2 aromatic rings.